The monoisotopic (exact) mass is 458 g/mol. The zero-order valence-corrected chi connectivity index (χ0v) is 13.9. The smallest absolute Gasteiger partial charge is 0.226 e. The van der Waals surface area contributed by atoms with E-state index in [-0.39, 0.29) is 6.42 Å². The second kappa shape index (κ2) is 7.33. The molecule has 0 spiro atoms. The van der Waals surface area contributed by atoms with E-state index < -0.39 is 40.2 Å². The van der Waals surface area contributed by atoms with Crippen LogP contribution in [0.25, 0.3) is 0 Å². The van der Waals surface area contributed by atoms with Gasteiger partial charge in [-0.3, -0.25) is 0 Å². The summed E-state index contributed by atoms with van der Waals surface area (Å²) >= 11 is 1.32. The van der Waals surface area contributed by atoms with E-state index in [1.54, 1.807) is 6.92 Å². The Morgan fingerprint density at radius 2 is 1.27 bits per heavy atom. The topological polar surface area (TPSA) is 0 Å². The molecule has 0 aliphatic carbocycles. The van der Waals surface area contributed by atoms with Crippen molar-refractivity contribution in [2.24, 2.45) is 5.92 Å². The van der Waals surface area contributed by atoms with Gasteiger partial charge in [-0.15, -0.1) is 0 Å². The van der Waals surface area contributed by atoms with Gasteiger partial charge in [0.2, 0.25) is 0 Å². The Bertz CT molecular complexity index is 349. The molecule has 0 nitrogen and oxygen atoms in total. The maximum Gasteiger partial charge on any atom is 0.457 e. The van der Waals surface area contributed by atoms with Gasteiger partial charge in [0.15, 0.2) is 0 Å². The lowest BCUT2D eigenvalue weighted by molar-refractivity contribution is -0.395. The molecule has 0 bridgehead atoms. The van der Waals surface area contributed by atoms with Crippen molar-refractivity contribution in [1.82, 2.24) is 0 Å². The highest BCUT2D eigenvalue weighted by Gasteiger charge is 2.83. The summed E-state index contributed by atoms with van der Waals surface area (Å²) < 4.78 is 116. The third-order valence-corrected chi connectivity index (χ3v) is 4.94. The van der Waals surface area contributed by atoms with Gasteiger partial charge in [-0.1, -0.05) is 49.3 Å². The number of hydrogen-bond donors (Lipinski definition) is 0. The lowest BCUT2D eigenvalue weighted by Gasteiger charge is -2.42. The van der Waals surface area contributed by atoms with Gasteiger partial charge >= 0.3 is 18.3 Å². The highest BCUT2D eigenvalue weighted by atomic mass is 127. The molecule has 0 aliphatic heterocycles. The Morgan fingerprint density at radius 3 is 1.55 bits per heavy atom. The van der Waals surface area contributed by atoms with Crippen molar-refractivity contribution in [3.8, 4) is 0 Å². The van der Waals surface area contributed by atoms with E-state index in [4.69, 9.17) is 0 Å². The van der Waals surface area contributed by atoms with Crippen LogP contribution in [0.1, 0.15) is 39.5 Å². The zero-order chi connectivity index (χ0) is 18.0. The van der Waals surface area contributed by atoms with Gasteiger partial charge in [0.05, 0.1) is 0 Å². The van der Waals surface area contributed by atoms with Crippen molar-refractivity contribution in [1.29, 1.82) is 0 Å². The zero-order valence-electron chi connectivity index (χ0n) is 11.8. The molecule has 0 saturated heterocycles. The Morgan fingerprint density at radius 1 is 0.818 bits per heavy atom. The van der Waals surface area contributed by atoms with Crippen LogP contribution in [-0.2, 0) is 0 Å². The molecule has 0 amide bonds. The molecular formula is C12H16F9I. The number of rotatable bonds is 7. The van der Waals surface area contributed by atoms with Crippen LogP contribution in [-0.4, -0.2) is 27.9 Å². The van der Waals surface area contributed by atoms with Crippen LogP contribution in [0.15, 0.2) is 0 Å². The summed E-state index contributed by atoms with van der Waals surface area (Å²) in [4.78, 5) is 0. The minimum atomic E-state index is -6.63. The van der Waals surface area contributed by atoms with Crippen LogP contribution in [0.4, 0.5) is 39.5 Å². The molecule has 0 fully saturated rings. The van der Waals surface area contributed by atoms with E-state index in [9.17, 15) is 39.5 Å². The molecule has 0 saturated carbocycles. The third kappa shape index (κ3) is 3.95. The highest BCUT2D eigenvalue weighted by Crippen LogP contribution is 2.58. The number of alkyl halides is 10. The molecule has 0 rings (SSSR count). The lowest BCUT2D eigenvalue weighted by Crippen LogP contribution is -2.67. The van der Waals surface area contributed by atoms with Gasteiger partial charge in [-0.25, -0.2) is 4.39 Å². The fraction of sp³-hybridized carbons (Fsp3) is 1.00. The van der Waals surface area contributed by atoms with Crippen molar-refractivity contribution in [2.75, 3.05) is 0 Å². The average Bonchev–Trinajstić information content (AvgIpc) is 2.33. The number of hydrogen-bond acceptors (Lipinski definition) is 0. The second-order valence-corrected chi connectivity index (χ2v) is 6.55. The summed E-state index contributed by atoms with van der Waals surface area (Å²) in [6.07, 6.45) is -13.1. The Hall–Kier alpha value is 0.1000. The average molecular weight is 458 g/mol. The van der Waals surface area contributed by atoms with Crippen molar-refractivity contribution in [3.63, 3.8) is 0 Å². The van der Waals surface area contributed by atoms with E-state index in [0.29, 0.717) is 12.8 Å². The molecule has 0 N–H and O–H groups in total. The van der Waals surface area contributed by atoms with Crippen LogP contribution in [0.2, 0.25) is 0 Å². The fourth-order valence-corrected chi connectivity index (χ4v) is 3.66. The van der Waals surface area contributed by atoms with E-state index in [0.717, 1.165) is 6.92 Å². The summed E-state index contributed by atoms with van der Waals surface area (Å²) in [6.45, 7) is 2.63. The largest absolute Gasteiger partial charge is 0.457 e. The Labute approximate surface area is 136 Å². The molecule has 0 aromatic heterocycles. The Balaban J connectivity index is 6.00. The first-order valence-electron chi connectivity index (χ1n) is 6.52. The molecule has 3 atom stereocenters. The predicted molar refractivity (Wildman–Crippen MR) is 72.0 cm³/mol. The second-order valence-electron chi connectivity index (χ2n) is 4.95. The SMILES string of the molecule is CCCCC(I)C(CC)C(F)(C(F)(F)F)C(F)(F)C(F)(F)F. The molecule has 3 unspecified atom stereocenters. The van der Waals surface area contributed by atoms with Gasteiger partial charge in [0.25, 0.3) is 5.67 Å². The Kier molecular flexibility index (Phi) is 7.36. The molecule has 0 aromatic carbocycles. The molecule has 134 valence electrons. The van der Waals surface area contributed by atoms with E-state index >= 15 is 0 Å². The highest BCUT2D eigenvalue weighted by molar-refractivity contribution is 14.1. The van der Waals surface area contributed by atoms with Crippen molar-refractivity contribution >= 4 is 22.6 Å². The quantitative estimate of drug-likeness (QED) is 0.233. The molecule has 22 heavy (non-hydrogen) atoms. The summed E-state index contributed by atoms with van der Waals surface area (Å²) in [7, 11) is 0. The molecule has 0 aliphatic rings. The minimum absolute atomic E-state index is 0.0781. The minimum Gasteiger partial charge on any atom is -0.226 e. The lowest BCUT2D eigenvalue weighted by atomic mass is 9.77. The van der Waals surface area contributed by atoms with Crippen LogP contribution in [0, 0.1) is 5.92 Å². The van der Waals surface area contributed by atoms with Crippen molar-refractivity contribution < 1.29 is 39.5 Å². The first-order valence-corrected chi connectivity index (χ1v) is 7.77. The summed E-state index contributed by atoms with van der Waals surface area (Å²) in [6, 6.07) is 0. The number of unbranched alkanes of at least 4 members (excludes halogenated alkanes) is 1. The first-order chi connectivity index (χ1) is 9.68. The maximum atomic E-state index is 14.3. The normalized spacial score (nSPS) is 19.6. The molecule has 0 aromatic rings. The van der Waals surface area contributed by atoms with E-state index in [1.807, 2.05) is 0 Å². The van der Waals surface area contributed by atoms with E-state index in [2.05, 4.69) is 0 Å². The predicted octanol–water partition coefficient (Wildman–Crippen LogP) is 6.47. The number of halogens is 10. The van der Waals surface area contributed by atoms with Gasteiger partial charge in [-0.05, 0) is 12.8 Å². The molecular weight excluding hydrogens is 442 g/mol. The van der Waals surface area contributed by atoms with Crippen molar-refractivity contribution in [2.45, 2.75) is 67.4 Å². The summed E-state index contributed by atoms with van der Waals surface area (Å²) in [5.41, 5.74) is -5.66. The molecule has 0 heterocycles. The van der Waals surface area contributed by atoms with Gasteiger partial charge in [0, 0.05) is 9.84 Å². The van der Waals surface area contributed by atoms with Gasteiger partial charge in [-0.2, -0.15) is 35.1 Å². The van der Waals surface area contributed by atoms with E-state index in [1.165, 1.54) is 22.6 Å². The summed E-state index contributed by atoms with van der Waals surface area (Å²) in [5.74, 6) is -9.02. The fourth-order valence-electron chi connectivity index (χ4n) is 2.21. The first kappa shape index (κ1) is 22.1. The van der Waals surface area contributed by atoms with Crippen LogP contribution < -0.4 is 0 Å². The standard InChI is InChI=1S/C12H16F9I/c1-3-5-6-8(22)7(4-2)9(13,11(16,17)18)10(14,15)12(19,20)21/h7-8H,3-6H2,1-2H3. The molecule has 10 heteroatoms. The third-order valence-electron chi connectivity index (χ3n) is 3.45. The van der Waals surface area contributed by atoms with Gasteiger partial charge in [0.1, 0.15) is 0 Å². The van der Waals surface area contributed by atoms with Crippen LogP contribution >= 0.6 is 22.6 Å². The van der Waals surface area contributed by atoms with Crippen molar-refractivity contribution in [3.05, 3.63) is 0 Å². The van der Waals surface area contributed by atoms with Crippen LogP contribution in [0.3, 0.4) is 0 Å². The summed E-state index contributed by atoms with van der Waals surface area (Å²) in [5, 5.41) is 0. The van der Waals surface area contributed by atoms with Crippen LogP contribution in [0.5, 0.6) is 0 Å². The van der Waals surface area contributed by atoms with Gasteiger partial charge < -0.3 is 0 Å². The maximum absolute atomic E-state index is 14.3. The molecule has 0 radical (unpaired) electrons.